The van der Waals surface area contributed by atoms with E-state index < -0.39 is 0 Å². The van der Waals surface area contributed by atoms with E-state index in [9.17, 15) is 0 Å². The van der Waals surface area contributed by atoms with Crippen molar-refractivity contribution in [1.82, 2.24) is 20.2 Å². The third-order valence-corrected chi connectivity index (χ3v) is 4.77. The molecule has 0 saturated carbocycles. The summed E-state index contributed by atoms with van der Waals surface area (Å²) in [6.07, 6.45) is 5.63. The first-order valence-corrected chi connectivity index (χ1v) is 7.22. The first kappa shape index (κ1) is 12.2. The summed E-state index contributed by atoms with van der Waals surface area (Å²) in [6, 6.07) is 1.29. The number of aromatic nitrogens is 2. The molecule has 0 radical (unpaired) electrons. The zero-order valence-corrected chi connectivity index (χ0v) is 11.4. The standard InChI is InChI=1S/C14H24N4/c1-10-4-3-5-18(11(10)2)8-12-6-13-14(7-15-12)17-9-16-13/h9-12,15H,3-8H2,1-2H3,(H,16,17). The molecule has 3 unspecified atom stereocenters. The normalized spacial score (nSPS) is 33.3. The number of imidazole rings is 1. The molecule has 3 atom stereocenters. The number of aromatic amines is 1. The molecule has 0 spiro atoms. The van der Waals surface area contributed by atoms with Crippen molar-refractivity contribution >= 4 is 0 Å². The van der Waals surface area contributed by atoms with Crippen molar-refractivity contribution in [3.8, 4) is 0 Å². The van der Waals surface area contributed by atoms with Gasteiger partial charge < -0.3 is 10.3 Å². The Labute approximate surface area is 109 Å². The van der Waals surface area contributed by atoms with Crippen LogP contribution in [0.3, 0.4) is 0 Å². The highest BCUT2D eigenvalue weighted by molar-refractivity contribution is 5.16. The second-order valence-corrected chi connectivity index (χ2v) is 5.96. The molecule has 1 saturated heterocycles. The Hall–Kier alpha value is -0.870. The Morgan fingerprint density at radius 2 is 2.33 bits per heavy atom. The van der Waals surface area contributed by atoms with Gasteiger partial charge in [0, 0.05) is 31.6 Å². The maximum Gasteiger partial charge on any atom is 0.0925 e. The summed E-state index contributed by atoms with van der Waals surface area (Å²) in [7, 11) is 0. The molecule has 0 aliphatic carbocycles. The fourth-order valence-corrected chi connectivity index (χ4v) is 3.32. The summed E-state index contributed by atoms with van der Waals surface area (Å²) in [5, 5.41) is 3.63. The number of nitrogens with zero attached hydrogens (tertiary/aromatic N) is 2. The number of hydrogen-bond donors (Lipinski definition) is 2. The van der Waals surface area contributed by atoms with Crippen molar-refractivity contribution < 1.29 is 0 Å². The van der Waals surface area contributed by atoms with E-state index in [2.05, 4.69) is 34.0 Å². The number of likely N-dealkylation sites (tertiary alicyclic amines) is 1. The molecule has 1 aromatic rings. The highest BCUT2D eigenvalue weighted by Gasteiger charge is 2.28. The molecular formula is C14H24N4. The highest BCUT2D eigenvalue weighted by Crippen LogP contribution is 2.23. The molecule has 1 aromatic heterocycles. The Morgan fingerprint density at radius 1 is 1.44 bits per heavy atom. The average molecular weight is 248 g/mol. The zero-order valence-electron chi connectivity index (χ0n) is 11.4. The Bertz CT molecular complexity index is 400. The van der Waals surface area contributed by atoms with Crippen molar-refractivity contribution in [3.05, 3.63) is 17.7 Å². The number of piperidine rings is 1. The number of fused-ring (bicyclic) bond motifs is 1. The van der Waals surface area contributed by atoms with Gasteiger partial charge in [0.2, 0.25) is 0 Å². The monoisotopic (exact) mass is 248 g/mol. The largest absolute Gasteiger partial charge is 0.347 e. The lowest BCUT2D eigenvalue weighted by Crippen LogP contribution is -2.50. The van der Waals surface area contributed by atoms with E-state index in [0.29, 0.717) is 6.04 Å². The minimum absolute atomic E-state index is 0.563. The number of H-pyrrole nitrogens is 1. The Kier molecular flexibility index (Phi) is 3.39. The van der Waals surface area contributed by atoms with Crippen LogP contribution >= 0.6 is 0 Å². The maximum atomic E-state index is 4.42. The Balaban J connectivity index is 1.60. The van der Waals surface area contributed by atoms with Crippen LogP contribution in [0.25, 0.3) is 0 Å². The van der Waals surface area contributed by atoms with Gasteiger partial charge in [-0.05, 0) is 32.2 Å². The van der Waals surface area contributed by atoms with E-state index >= 15 is 0 Å². The lowest BCUT2D eigenvalue weighted by atomic mass is 9.91. The topological polar surface area (TPSA) is 44.0 Å². The van der Waals surface area contributed by atoms with Crippen LogP contribution in [0.1, 0.15) is 38.1 Å². The molecule has 2 aliphatic rings. The first-order valence-electron chi connectivity index (χ1n) is 7.22. The van der Waals surface area contributed by atoms with Crippen LogP contribution in [0, 0.1) is 5.92 Å². The van der Waals surface area contributed by atoms with Crippen LogP contribution in [0.2, 0.25) is 0 Å². The molecule has 2 aliphatic heterocycles. The van der Waals surface area contributed by atoms with Gasteiger partial charge in [-0.25, -0.2) is 4.98 Å². The summed E-state index contributed by atoms with van der Waals surface area (Å²) in [4.78, 5) is 10.3. The second-order valence-electron chi connectivity index (χ2n) is 5.96. The molecule has 3 rings (SSSR count). The van der Waals surface area contributed by atoms with Gasteiger partial charge in [-0.1, -0.05) is 6.92 Å². The number of nitrogens with one attached hydrogen (secondary N) is 2. The van der Waals surface area contributed by atoms with Crippen molar-refractivity contribution in [2.45, 2.75) is 51.7 Å². The van der Waals surface area contributed by atoms with Gasteiger partial charge in [0.25, 0.3) is 0 Å². The summed E-state index contributed by atoms with van der Waals surface area (Å²) >= 11 is 0. The molecule has 4 nitrogen and oxygen atoms in total. The lowest BCUT2D eigenvalue weighted by Gasteiger charge is -2.40. The van der Waals surface area contributed by atoms with Gasteiger partial charge in [-0.15, -0.1) is 0 Å². The molecule has 0 bridgehead atoms. The number of hydrogen-bond acceptors (Lipinski definition) is 3. The van der Waals surface area contributed by atoms with Gasteiger partial charge in [-0.2, -0.15) is 0 Å². The smallest absolute Gasteiger partial charge is 0.0925 e. The van der Waals surface area contributed by atoms with Crippen LogP contribution < -0.4 is 5.32 Å². The van der Waals surface area contributed by atoms with Crippen molar-refractivity contribution in [1.29, 1.82) is 0 Å². The summed E-state index contributed by atoms with van der Waals surface area (Å²) in [5.41, 5.74) is 2.53. The van der Waals surface area contributed by atoms with Crippen LogP contribution in [0.4, 0.5) is 0 Å². The lowest BCUT2D eigenvalue weighted by molar-refractivity contribution is 0.100. The minimum Gasteiger partial charge on any atom is -0.347 e. The third kappa shape index (κ3) is 2.31. The fraction of sp³-hybridized carbons (Fsp3) is 0.786. The summed E-state index contributed by atoms with van der Waals surface area (Å²) in [6.45, 7) is 8.14. The number of rotatable bonds is 2. The molecule has 1 fully saturated rings. The quantitative estimate of drug-likeness (QED) is 0.834. The van der Waals surface area contributed by atoms with Gasteiger partial charge in [0.15, 0.2) is 0 Å². The van der Waals surface area contributed by atoms with Gasteiger partial charge in [0.05, 0.1) is 17.7 Å². The van der Waals surface area contributed by atoms with Gasteiger partial charge in [0.1, 0.15) is 0 Å². The van der Waals surface area contributed by atoms with Crippen molar-refractivity contribution in [2.24, 2.45) is 5.92 Å². The molecule has 0 aromatic carbocycles. The summed E-state index contributed by atoms with van der Waals surface area (Å²) in [5.74, 6) is 0.836. The molecule has 3 heterocycles. The SMILES string of the molecule is CC1CCCN(CC2Cc3nc[nH]c3CN2)C1C. The van der Waals surface area contributed by atoms with E-state index in [-0.39, 0.29) is 0 Å². The van der Waals surface area contributed by atoms with Crippen LogP contribution in [0.5, 0.6) is 0 Å². The van der Waals surface area contributed by atoms with E-state index in [1.807, 2.05) is 6.33 Å². The second kappa shape index (κ2) is 5.02. The highest BCUT2D eigenvalue weighted by atomic mass is 15.2. The molecule has 100 valence electrons. The maximum absolute atomic E-state index is 4.42. The Morgan fingerprint density at radius 3 is 3.22 bits per heavy atom. The molecule has 4 heteroatoms. The third-order valence-electron chi connectivity index (χ3n) is 4.77. The first-order chi connectivity index (χ1) is 8.74. The van der Waals surface area contributed by atoms with Crippen LogP contribution in [-0.2, 0) is 13.0 Å². The van der Waals surface area contributed by atoms with Crippen LogP contribution in [-0.4, -0.2) is 40.0 Å². The average Bonchev–Trinajstić information content (AvgIpc) is 2.82. The predicted octanol–water partition coefficient (Wildman–Crippen LogP) is 1.54. The van der Waals surface area contributed by atoms with Crippen molar-refractivity contribution in [2.75, 3.05) is 13.1 Å². The zero-order chi connectivity index (χ0) is 12.5. The van der Waals surface area contributed by atoms with Crippen molar-refractivity contribution in [3.63, 3.8) is 0 Å². The van der Waals surface area contributed by atoms with E-state index in [1.165, 1.54) is 30.8 Å². The van der Waals surface area contributed by atoms with Gasteiger partial charge >= 0.3 is 0 Å². The summed E-state index contributed by atoms with van der Waals surface area (Å²) < 4.78 is 0. The van der Waals surface area contributed by atoms with E-state index in [1.54, 1.807) is 0 Å². The molecular weight excluding hydrogens is 224 g/mol. The molecule has 18 heavy (non-hydrogen) atoms. The van der Waals surface area contributed by atoms with Crippen LogP contribution in [0.15, 0.2) is 6.33 Å². The predicted molar refractivity (Wildman–Crippen MR) is 72.4 cm³/mol. The van der Waals surface area contributed by atoms with Gasteiger partial charge in [-0.3, -0.25) is 4.90 Å². The van der Waals surface area contributed by atoms with E-state index in [4.69, 9.17) is 0 Å². The fourth-order valence-electron chi connectivity index (χ4n) is 3.32. The van der Waals surface area contributed by atoms with E-state index in [0.717, 1.165) is 31.5 Å². The molecule has 0 amide bonds. The minimum atomic E-state index is 0.563. The molecule has 2 N–H and O–H groups in total.